The first-order chi connectivity index (χ1) is 16.6. The Morgan fingerprint density at radius 2 is 1.89 bits per heavy atom. The molecule has 1 aliphatic heterocycles. The van der Waals surface area contributed by atoms with Gasteiger partial charge in [-0.2, -0.15) is 13.2 Å². The van der Waals surface area contributed by atoms with E-state index in [4.69, 9.17) is 15.2 Å². The summed E-state index contributed by atoms with van der Waals surface area (Å²) in [4.78, 5) is 4.40. The molecule has 0 amide bonds. The van der Waals surface area contributed by atoms with Crippen LogP contribution in [0.15, 0.2) is 76.2 Å². The summed E-state index contributed by atoms with van der Waals surface area (Å²) >= 11 is 0. The van der Waals surface area contributed by atoms with Gasteiger partial charge in [0, 0.05) is 22.8 Å². The van der Waals surface area contributed by atoms with Crippen LogP contribution in [0.2, 0.25) is 0 Å². The standard InChI is InChI=1S/C25H27F4N4O2/c1-4-33-14-20(32-33)12-19(13-24(30)25(27,28)29)31-23-10-7-18(26)11-22(23)16(2)35-15-17-5-8-21(34-3)9-6-17/h5-11,13-14,16H,4,12,15,30H2,1-3H3/q+1/t16-/m1/s1. The van der Waals surface area contributed by atoms with Crippen LogP contribution in [-0.2, 0) is 11.3 Å². The zero-order valence-electron chi connectivity index (χ0n) is 19.6. The number of hydrogen-bond donors (Lipinski definition) is 1. The zero-order chi connectivity index (χ0) is 25.6. The van der Waals surface area contributed by atoms with Gasteiger partial charge in [-0.25, -0.2) is 4.39 Å². The van der Waals surface area contributed by atoms with Crippen molar-refractivity contribution in [2.75, 3.05) is 13.7 Å². The molecule has 6 nitrogen and oxygen atoms in total. The van der Waals surface area contributed by atoms with E-state index in [2.05, 4.69) is 10.1 Å². The van der Waals surface area contributed by atoms with Crippen molar-refractivity contribution in [3.8, 4) is 5.75 Å². The Bertz CT molecular complexity index is 1170. The molecule has 0 fully saturated rings. The number of methoxy groups -OCH3 is 1. The van der Waals surface area contributed by atoms with E-state index in [0.717, 1.165) is 11.6 Å². The average Bonchev–Trinajstić information content (AvgIpc) is 2.80. The summed E-state index contributed by atoms with van der Waals surface area (Å²) in [5, 5.41) is 4.21. The summed E-state index contributed by atoms with van der Waals surface area (Å²) in [6.07, 6.45) is -2.77. The lowest BCUT2D eigenvalue weighted by molar-refractivity contribution is -0.543. The summed E-state index contributed by atoms with van der Waals surface area (Å²) in [6, 6.07) is 11.1. The highest BCUT2D eigenvalue weighted by Crippen LogP contribution is 2.31. The molecular weight excluding hydrogens is 464 g/mol. The Morgan fingerprint density at radius 1 is 1.20 bits per heavy atom. The molecule has 0 aliphatic carbocycles. The Morgan fingerprint density at radius 3 is 2.49 bits per heavy atom. The monoisotopic (exact) mass is 491 g/mol. The number of allylic oxidation sites excluding steroid dienone is 3. The highest BCUT2D eigenvalue weighted by molar-refractivity contribution is 5.99. The molecular formula is C25H27F4N4O2+. The van der Waals surface area contributed by atoms with Crippen LogP contribution in [0.4, 0.5) is 23.2 Å². The molecule has 0 radical (unpaired) electrons. The summed E-state index contributed by atoms with van der Waals surface area (Å²) in [5.41, 5.74) is 6.12. The molecule has 3 rings (SSSR count). The van der Waals surface area contributed by atoms with Crippen molar-refractivity contribution in [3.63, 3.8) is 0 Å². The van der Waals surface area contributed by atoms with Crippen molar-refractivity contribution in [2.24, 2.45) is 15.8 Å². The molecule has 10 heteroatoms. The van der Waals surface area contributed by atoms with Crippen LogP contribution in [0.1, 0.15) is 37.5 Å². The van der Waals surface area contributed by atoms with E-state index in [0.29, 0.717) is 23.6 Å². The molecule has 186 valence electrons. The topological polar surface area (TPSA) is 72.2 Å². The van der Waals surface area contributed by atoms with Crippen molar-refractivity contribution in [1.29, 1.82) is 0 Å². The fraction of sp³-hybridized carbons (Fsp3) is 0.320. The number of nitrogens with zero attached hydrogens (tertiary/aromatic N) is 3. The summed E-state index contributed by atoms with van der Waals surface area (Å²) in [5.74, 6) is 0.193. The van der Waals surface area contributed by atoms with Gasteiger partial charge in [-0.05, 0) is 55.8 Å². The molecule has 2 N–H and O–H groups in total. The minimum absolute atomic E-state index is 0.0329. The van der Waals surface area contributed by atoms with Gasteiger partial charge in [0.15, 0.2) is 12.2 Å². The molecule has 2 aromatic carbocycles. The fourth-order valence-corrected chi connectivity index (χ4v) is 3.29. The van der Waals surface area contributed by atoms with E-state index in [1.165, 1.54) is 18.2 Å². The fourth-order valence-electron chi connectivity index (χ4n) is 3.29. The maximum atomic E-state index is 14.1. The predicted molar refractivity (Wildman–Crippen MR) is 124 cm³/mol. The number of ether oxygens (including phenoxy) is 2. The lowest BCUT2D eigenvalue weighted by Crippen LogP contribution is -2.21. The molecule has 0 saturated carbocycles. The van der Waals surface area contributed by atoms with Crippen molar-refractivity contribution in [2.45, 2.75) is 39.2 Å². The van der Waals surface area contributed by atoms with Crippen LogP contribution >= 0.6 is 0 Å². The summed E-state index contributed by atoms with van der Waals surface area (Å²) < 4.78 is 66.1. The average molecular weight is 492 g/mol. The van der Waals surface area contributed by atoms with E-state index >= 15 is 0 Å². The summed E-state index contributed by atoms with van der Waals surface area (Å²) in [6.45, 7) is 4.49. The molecule has 0 spiro atoms. The maximum absolute atomic E-state index is 14.1. The smallest absolute Gasteiger partial charge is 0.430 e. The van der Waals surface area contributed by atoms with E-state index in [1.807, 2.05) is 19.1 Å². The predicted octanol–water partition coefficient (Wildman–Crippen LogP) is 6.32. The second-order valence-corrected chi connectivity index (χ2v) is 7.86. The maximum Gasteiger partial charge on any atom is 0.430 e. The highest BCUT2D eigenvalue weighted by atomic mass is 19.4. The largest absolute Gasteiger partial charge is 0.497 e. The summed E-state index contributed by atoms with van der Waals surface area (Å²) in [7, 11) is 1.57. The van der Waals surface area contributed by atoms with Crippen LogP contribution in [0.25, 0.3) is 0 Å². The van der Waals surface area contributed by atoms with E-state index in [1.54, 1.807) is 37.1 Å². The van der Waals surface area contributed by atoms with Crippen LogP contribution < -0.4 is 10.5 Å². The van der Waals surface area contributed by atoms with Crippen molar-refractivity contribution in [1.82, 2.24) is 0 Å². The van der Waals surface area contributed by atoms with E-state index in [9.17, 15) is 17.6 Å². The van der Waals surface area contributed by atoms with Gasteiger partial charge in [0.2, 0.25) is 6.20 Å². The SMILES string of the molecule is CC[N+]1=NC(CC(C=C(N)C(F)(F)F)=Nc2ccc(F)cc2[C@@H](C)OCc2ccc(OC)cc2)=C1. The van der Waals surface area contributed by atoms with Gasteiger partial charge in [0.25, 0.3) is 0 Å². The molecule has 1 atom stereocenters. The third-order valence-electron chi connectivity index (χ3n) is 5.24. The number of rotatable bonds is 10. The first-order valence-electron chi connectivity index (χ1n) is 10.9. The molecule has 0 aromatic heterocycles. The third-order valence-corrected chi connectivity index (χ3v) is 5.24. The minimum Gasteiger partial charge on any atom is -0.497 e. The number of alkyl halides is 3. The third kappa shape index (κ3) is 7.22. The highest BCUT2D eigenvalue weighted by Gasteiger charge is 2.32. The number of benzene rings is 2. The molecule has 0 unspecified atom stereocenters. The normalized spacial score (nSPS) is 15.3. The molecule has 0 bridgehead atoms. The lowest BCUT2D eigenvalue weighted by atomic mass is 10.1. The van der Waals surface area contributed by atoms with Gasteiger partial charge in [-0.15, -0.1) is 0 Å². The van der Waals surface area contributed by atoms with Crippen molar-refractivity contribution in [3.05, 3.63) is 83.1 Å². The lowest BCUT2D eigenvalue weighted by Gasteiger charge is -2.17. The minimum atomic E-state index is -4.71. The molecule has 35 heavy (non-hydrogen) atoms. The van der Waals surface area contributed by atoms with E-state index in [-0.39, 0.29) is 24.4 Å². The van der Waals surface area contributed by atoms with Gasteiger partial charge in [-0.1, -0.05) is 16.8 Å². The first-order valence-corrected chi connectivity index (χ1v) is 10.9. The van der Waals surface area contributed by atoms with Crippen molar-refractivity contribution >= 4 is 11.4 Å². The van der Waals surface area contributed by atoms with Crippen molar-refractivity contribution < 1.29 is 31.7 Å². The molecule has 2 aromatic rings. The number of hydrogen-bond acceptors (Lipinski definition) is 5. The number of azo groups is 2. The number of nitrogens with two attached hydrogens (primary N) is 1. The van der Waals surface area contributed by atoms with Crippen LogP contribution in [0.3, 0.4) is 0 Å². The van der Waals surface area contributed by atoms with Gasteiger partial charge in [0.1, 0.15) is 17.3 Å². The Labute approximate surface area is 201 Å². The zero-order valence-corrected chi connectivity index (χ0v) is 19.6. The number of halogens is 4. The van der Waals surface area contributed by atoms with Gasteiger partial charge >= 0.3 is 6.18 Å². The van der Waals surface area contributed by atoms with E-state index < -0.39 is 23.8 Å². The van der Waals surface area contributed by atoms with Crippen LogP contribution in [0, 0.1) is 5.82 Å². The quantitative estimate of drug-likeness (QED) is 0.240. The Hall–Kier alpha value is -3.53. The Kier molecular flexibility index (Phi) is 8.39. The van der Waals surface area contributed by atoms with Gasteiger partial charge < -0.3 is 15.2 Å². The second kappa shape index (κ2) is 11.3. The second-order valence-electron chi connectivity index (χ2n) is 7.86. The molecule has 1 heterocycles. The molecule has 1 aliphatic rings. The van der Waals surface area contributed by atoms with Gasteiger partial charge in [0.05, 0.1) is 25.5 Å². The molecule has 0 saturated heterocycles. The van der Waals surface area contributed by atoms with Gasteiger partial charge in [-0.3, -0.25) is 4.99 Å². The van der Waals surface area contributed by atoms with Crippen LogP contribution in [-0.4, -0.2) is 30.2 Å². The first kappa shape index (κ1) is 26.1. The Balaban J connectivity index is 1.87. The van der Waals surface area contributed by atoms with Crippen LogP contribution in [0.5, 0.6) is 5.75 Å². The number of aliphatic imine (C=N–C) groups is 1.